The van der Waals surface area contributed by atoms with Crippen LogP contribution < -0.4 is 0 Å². The summed E-state index contributed by atoms with van der Waals surface area (Å²) in [6.07, 6.45) is 0.539. The van der Waals surface area contributed by atoms with E-state index in [2.05, 4.69) is 0 Å². The van der Waals surface area contributed by atoms with Crippen LogP contribution in [0.3, 0.4) is 0 Å². The fourth-order valence-electron chi connectivity index (χ4n) is 2.21. The molecule has 0 radical (unpaired) electrons. The van der Waals surface area contributed by atoms with Gasteiger partial charge >= 0.3 is 11.9 Å². The number of hydrogen-bond acceptors (Lipinski definition) is 3. The number of hydrogen-bond donors (Lipinski definition) is 1. The van der Waals surface area contributed by atoms with Crippen molar-refractivity contribution in [2.45, 2.75) is 25.9 Å². The molecule has 0 amide bonds. The molecule has 0 fully saturated rings. The third-order valence-electron chi connectivity index (χ3n) is 3.47. The summed E-state index contributed by atoms with van der Waals surface area (Å²) in [4.78, 5) is 22.9. The number of carbonyl (C=O) groups excluding carboxylic acids is 1. The number of carboxylic acid groups (broad SMARTS) is 1. The van der Waals surface area contributed by atoms with Crippen molar-refractivity contribution in [3.8, 4) is 0 Å². The van der Waals surface area contributed by atoms with Gasteiger partial charge in [-0.25, -0.2) is 4.79 Å². The average molecular weight is 298 g/mol. The molecule has 0 spiro atoms. The lowest BCUT2D eigenvalue weighted by Crippen LogP contribution is -2.10. The number of benzene rings is 2. The first-order chi connectivity index (χ1) is 10.6. The zero-order valence-corrected chi connectivity index (χ0v) is 12.4. The number of aliphatic carboxylic acids is 1. The standard InChI is InChI=1S/C18H18O4/c1-2-16(17(19)20)14-10-8-13(9-11-14)12-22-18(21)15-6-4-3-5-7-15/h3-11,16H,2,12H2,1H3,(H,19,20)/t16-/m1/s1. The number of carbonyl (C=O) groups is 2. The molecule has 1 atom stereocenters. The van der Waals surface area contributed by atoms with Crippen LogP contribution in [0.1, 0.15) is 40.7 Å². The van der Waals surface area contributed by atoms with Crippen LogP contribution in [0.5, 0.6) is 0 Å². The quantitative estimate of drug-likeness (QED) is 0.827. The molecule has 0 saturated heterocycles. The molecule has 4 nitrogen and oxygen atoms in total. The van der Waals surface area contributed by atoms with Gasteiger partial charge in [0.2, 0.25) is 0 Å². The summed E-state index contributed by atoms with van der Waals surface area (Å²) < 4.78 is 5.23. The Balaban J connectivity index is 1.97. The van der Waals surface area contributed by atoms with Crippen LogP contribution in [0.25, 0.3) is 0 Å². The van der Waals surface area contributed by atoms with Crippen molar-refractivity contribution >= 4 is 11.9 Å². The Hall–Kier alpha value is -2.62. The van der Waals surface area contributed by atoms with Crippen molar-refractivity contribution < 1.29 is 19.4 Å². The number of carboxylic acids is 1. The lowest BCUT2D eigenvalue weighted by atomic mass is 9.96. The number of esters is 1. The lowest BCUT2D eigenvalue weighted by molar-refractivity contribution is -0.138. The molecule has 2 rings (SSSR count). The van der Waals surface area contributed by atoms with Gasteiger partial charge in [-0.1, -0.05) is 49.4 Å². The summed E-state index contributed by atoms with van der Waals surface area (Å²) in [5.41, 5.74) is 2.09. The molecule has 0 heterocycles. The molecule has 114 valence electrons. The summed E-state index contributed by atoms with van der Waals surface area (Å²) in [5, 5.41) is 9.13. The summed E-state index contributed by atoms with van der Waals surface area (Å²) in [5.74, 6) is -1.70. The SMILES string of the molecule is CC[C@@H](C(=O)O)c1ccc(COC(=O)c2ccccc2)cc1. The summed E-state index contributed by atoms with van der Waals surface area (Å²) in [7, 11) is 0. The molecule has 0 aliphatic carbocycles. The van der Waals surface area contributed by atoms with Crippen LogP contribution in [-0.4, -0.2) is 17.0 Å². The van der Waals surface area contributed by atoms with Gasteiger partial charge in [-0.2, -0.15) is 0 Å². The molecule has 0 unspecified atom stereocenters. The van der Waals surface area contributed by atoms with Gasteiger partial charge < -0.3 is 9.84 Å². The highest BCUT2D eigenvalue weighted by molar-refractivity contribution is 5.89. The zero-order chi connectivity index (χ0) is 15.9. The van der Waals surface area contributed by atoms with Gasteiger partial charge in [-0.15, -0.1) is 0 Å². The van der Waals surface area contributed by atoms with Crippen LogP contribution in [0.2, 0.25) is 0 Å². The van der Waals surface area contributed by atoms with E-state index in [0.29, 0.717) is 12.0 Å². The van der Waals surface area contributed by atoms with Crippen LogP contribution in [0.4, 0.5) is 0 Å². The molecular formula is C18H18O4. The van der Waals surface area contributed by atoms with E-state index >= 15 is 0 Å². The monoisotopic (exact) mass is 298 g/mol. The predicted octanol–water partition coefficient (Wildman–Crippen LogP) is 3.62. The van der Waals surface area contributed by atoms with E-state index in [1.54, 1.807) is 48.5 Å². The smallest absolute Gasteiger partial charge is 0.338 e. The lowest BCUT2D eigenvalue weighted by Gasteiger charge is -2.11. The Bertz CT molecular complexity index is 632. The molecule has 0 aromatic heterocycles. The van der Waals surface area contributed by atoms with Gasteiger partial charge in [-0.05, 0) is 29.7 Å². The first-order valence-corrected chi connectivity index (χ1v) is 7.15. The molecule has 2 aromatic rings. The van der Waals surface area contributed by atoms with Gasteiger partial charge in [-0.3, -0.25) is 4.79 Å². The Morgan fingerprint density at radius 1 is 1.05 bits per heavy atom. The first-order valence-electron chi connectivity index (χ1n) is 7.15. The predicted molar refractivity (Wildman–Crippen MR) is 82.7 cm³/mol. The molecule has 1 N–H and O–H groups in total. The Morgan fingerprint density at radius 3 is 2.23 bits per heavy atom. The van der Waals surface area contributed by atoms with Gasteiger partial charge in [0, 0.05) is 0 Å². The highest BCUT2D eigenvalue weighted by Crippen LogP contribution is 2.20. The highest BCUT2D eigenvalue weighted by atomic mass is 16.5. The minimum atomic E-state index is -0.828. The van der Waals surface area contributed by atoms with E-state index in [0.717, 1.165) is 11.1 Å². The minimum absolute atomic E-state index is 0.165. The topological polar surface area (TPSA) is 63.6 Å². The van der Waals surface area contributed by atoms with Crippen LogP contribution in [-0.2, 0) is 16.1 Å². The summed E-state index contributed by atoms with van der Waals surface area (Å²) >= 11 is 0. The van der Waals surface area contributed by atoms with E-state index in [9.17, 15) is 9.59 Å². The second kappa shape index (κ2) is 7.41. The highest BCUT2D eigenvalue weighted by Gasteiger charge is 2.17. The van der Waals surface area contributed by atoms with E-state index in [1.807, 2.05) is 13.0 Å². The van der Waals surface area contributed by atoms with Crippen molar-refractivity contribution in [2.24, 2.45) is 0 Å². The van der Waals surface area contributed by atoms with Gasteiger partial charge in [0.15, 0.2) is 0 Å². The van der Waals surface area contributed by atoms with E-state index in [1.165, 1.54) is 0 Å². The Labute approximate surface area is 129 Å². The third kappa shape index (κ3) is 3.95. The Kier molecular flexibility index (Phi) is 5.31. The van der Waals surface area contributed by atoms with Crippen LogP contribution >= 0.6 is 0 Å². The molecule has 0 aliphatic heterocycles. The fraction of sp³-hybridized carbons (Fsp3) is 0.222. The molecule has 22 heavy (non-hydrogen) atoms. The van der Waals surface area contributed by atoms with E-state index < -0.39 is 11.9 Å². The van der Waals surface area contributed by atoms with Gasteiger partial charge in [0.1, 0.15) is 6.61 Å². The first kappa shape index (κ1) is 15.8. The molecule has 0 saturated carbocycles. The van der Waals surface area contributed by atoms with Crippen molar-refractivity contribution in [3.63, 3.8) is 0 Å². The van der Waals surface area contributed by atoms with Crippen molar-refractivity contribution in [1.82, 2.24) is 0 Å². The maximum atomic E-state index is 11.8. The number of ether oxygens (including phenoxy) is 1. The minimum Gasteiger partial charge on any atom is -0.481 e. The normalized spacial score (nSPS) is 11.7. The van der Waals surface area contributed by atoms with Crippen LogP contribution in [0, 0.1) is 0 Å². The number of rotatable bonds is 6. The summed E-state index contributed by atoms with van der Waals surface area (Å²) in [6.45, 7) is 2.01. The average Bonchev–Trinajstić information content (AvgIpc) is 2.55. The second-order valence-electron chi connectivity index (χ2n) is 4.98. The Morgan fingerprint density at radius 2 is 1.68 bits per heavy atom. The third-order valence-corrected chi connectivity index (χ3v) is 3.47. The zero-order valence-electron chi connectivity index (χ0n) is 12.4. The maximum absolute atomic E-state index is 11.8. The van der Waals surface area contributed by atoms with Crippen molar-refractivity contribution in [3.05, 3.63) is 71.3 Å². The molecular weight excluding hydrogens is 280 g/mol. The molecule has 2 aromatic carbocycles. The van der Waals surface area contributed by atoms with Crippen molar-refractivity contribution in [1.29, 1.82) is 0 Å². The molecule has 0 aliphatic rings. The largest absolute Gasteiger partial charge is 0.481 e. The van der Waals surface area contributed by atoms with Crippen LogP contribution in [0.15, 0.2) is 54.6 Å². The summed E-state index contributed by atoms with van der Waals surface area (Å²) in [6, 6.07) is 15.9. The fourth-order valence-corrected chi connectivity index (χ4v) is 2.21. The molecule has 4 heteroatoms. The van der Waals surface area contributed by atoms with Gasteiger partial charge in [0.25, 0.3) is 0 Å². The molecule has 0 bridgehead atoms. The second-order valence-corrected chi connectivity index (χ2v) is 4.98. The maximum Gasteiger partial charge on any atom is 0.338 e. The van der Waals surface area contributed by atoms with Crippen molar-refractivity contribution in [2.75, 3.05) is 0 Å². The van der Waals surface area contributed by atoms with Gasteiger partial charge in [0.05, 0.1) is 11.5 Å². The van der Waals surface area contributed by atoms with E-state index in [-0.39, 0.29) is 12.6 Å². The van der Waals surface area contributed by atoms with E-state index in [4.69, 9.17) is 9.84 Å².